The maximum absolute atomic E-state index is 12.3. The number of para-hydroxylation sites is 1. The number of ketones is 1. The summed E-state index contributed by atoms with van der Waals surface area (Å²) < 4.78 is 11.4. The van der Waals surface area contributed by atoms with Gasteiger partial charge in [0.2, 0.25) is 0 Å². The predicted molar refractivity (Wildman–Crippen MR) is 76.4 cm³/mol. The van der Waals surface area contributed by atoms with Crippen LogP contribution < -0.4 is 10.1 Å². The molecule has 1 fully saturated rings. The Kier molecular flexibility index (Phi) is 4.33. The molecule has 0 unspecified atom stereocenters. The van der Waals surface area contributed by atoms with Crippen LogP contribution in [0.3, 0.4) is 0 Å². The van der Waals surface area contributed by atoms with E-state index >= 15 is 0 Å². The lowest BCUT2D eigenvalue weighted by Crippen LogP contribution is -2.33. The second kappa shape index (κ2) is 6.37. The van der Waals surface area contributed by atoms with Crippen LogP contribution in [0.1, 0.15) is 35.2 Å². The van der Waals surface area contributed by atoms with Gasteiger partial charge in [-0.1, -0.05) is 12.1 Å². The number of Topliss-reactive ketones (excluding diaryl/α,β-unsaturated/α-hetero) is 1. The van der Waals surface area contributed by atoms with Crippen LogP contribution >= 0.6 is 0 Å². The molecule has 0 aromatic heterocycles. The zero-order valence-corrected chi connectivity index (χ0v) is 11.7. The fraction of sp³-hybridized carbons (Fsp3) is 0.562. The minimum atomic E-state index is 0.0299. The fourth-order valence-corrected chi connectivity index (χ4v) is 2.84. The third kappa shape index (κ3) is 3.02. The van der Waals surface area contributed by atoms with E-state index < -0.39 is 0 Å². The number of piperidine rings is 1. The van der Waals surface area contributed by atoms with Crippen LogP contribution in [0.4, 0.5) is 0 Å². The number of hydrogen-bond acceptors (Lipinski definition) is 4. The highest BCUT2D eigenvalue weighted by Crippen LogP contribution is 2.29. The second-order valence-corrected chi connectivity index (χ2v) is 5.43. The Morgan fingerprint density at radius 2 is 2.20 bits per heavy atom. The van der Waals surface area contributed by atoms with Gasteiger partial charge in [-0.25, -0.2) is 0 Å². The summed E-state index contributed by atoms with van der Waals surface area (Å²) in [5, 5.41) is 3.29. The van der Waals surface area contributed by atoms with E-state index in [0.717, 1.165) is 50.1 Å². The van der Waals surface area contributed by atoms with Gasteiger partial charge >= 0.3 is 0 Å². The third-order valence-corrected chi connectivity index (χ3v) is 3.97. The Morgan fingerprint density at radius 3 is 3.05 bits per heavy atom. The highest BCUT2D eigenvalue weighted by molar-refractivity contribution is 6.00. The molecule has 0 radical (unpaired) electrons. The highest BCUT2D eigenvalue weighted by atomic mass is 16.5. The molecule has 1 aromatic rings. The van der Waals surface area contributed by atoms with Gasteiger partial charge in [-0.3, -0.25) is 4.79 Å². The molecule has 0 saturated carbocycles. The molecule has 2 aliphatic heterocycles. The lowest BCUT2D eigenvalue weighted by Gasteiger charge is -2.23. The molecule has 3 rings (SSSR count). The molecule has 2 aliphatic rings. The summed E-state index contributed by atoms with van der Waals surface area (Å²) in [6, 6.07) is 5.82. The van der Waals surface area contributed by atoms with Crippen molar-refractivity contribution in [1.29, 1.82) is 0 Å². The number of nitrogens with one attached hydrogen (secondary N) is 1. The van der Waals surface area contributed by atoms with Crippen molar-refractivity contribution in [2.45, 2.75) is 31.8 Å². The normalized spacial score (nSPS) is 19.2. The van der Waals surface area contributed by atoms with Crippen molar-refractivity contribution >= 4 is 5.78 Å². The van der Waals surface area contributed by atoms with E-state index in [1.807, 2.05) is 18.2 Å². The first kappa shape index (κ1) is 13.6. The minimum absolute atomic E-state index is 0.0299. The van der Waals surface area contributed by atoms with Gasteiger partial charge in [-0.05, 0) is 50.4 Å². The quantitative estimate of drug-likeness (QED) is 0.853. The van der Waals surface area contributed by atoms with Gasteiger partial charge in [0.15, 0.2) is 5.78 Å². The summed E-state index contributed by atoms with van der Waals surface area (Å²) in [7, 11) is 0. The summed E-state index contributed by atoms with van der Waals surface area (Å²) >= 11 is 0. The predicted octanol–water partition coefficient (Wildman–Crippen LogP) is 1.96. The van der Waals surface area contributed by atoms with Crippen LogP contribution in [0.15, 0.2) is 18.2 Å². The molecule has 4 nitrogen and oxygen atoms in total. The Morgan fingerprint density at radius 1 is 1.35 bits per heavy atom. The number of aryl methyl sites for hydroxylation is 1. The summed E-state index contributed by atoms with van der Waals surface area (Å²) in [6.07, 6.45) is 4.19. The summed E-state index contributed by atoms with van der Waals surface area (Å²) in [4.78, 5) is 12.3. The van der Waals surface area contributed by atoms with E-state index in [2.05, 4.69) is 5.32 Å². The largest absolute Gasteiger partial charge is 0.493 e. The van der Waals surface area contributed by atoms with Gasteiger partial charge in [-0.2, -0.15) is 0 Å². The second-order valence-electron chi connectivity index (χ2n) is 5.43. The zero-order valence-electron chi connectivity index (χ0n) is 11.7. The summed E-state index contributed by atoms with van der Waals surface area (Å²) in [6.45, 7) is 2.81. The summed E-state index contributed by atoms with van der Waals surface area (Å²) in [5.41, 5.74) is 1.82. The van der Waals surface area contributed by atoms with Crippen molar-refractivity contribution in [2.75, 3.05) is 26.3 Å². The molecule has 0 spiro atoms. The number of rotatable bonds is 4. The van der Waals surface area contributed by atoms with Crippen molar-refractivity contribution in [1.82, 2.24) is 5.32 Å². The van der Waals surface area contributed by atoms with E-state index in [1.165, 1.54) is 0 Å². The number of carbonyl (C=O) groups is 1. The van der Waals surface area contributed by atoms with Gasteiger partial charge in [0.1, 0.15) is 12.4 Å². The molecule has 1 aromatic carbocycles. The van der Waals surface area contributed by atoms with Crippen LogP contribution in [0, 0.1) is 0 Å². The van der Waals surface area contributed by atoms with Gasteiger partial charge in [0.05, 0.1) is 18.3 Å². The van der Waals surface area contributed by atoms with Crippen molar-refractivity contribution in [3.05, 3.63) is 29.3 Å². The van der Waals surface area contributed by atoms with Crippen molar-refractivity contribution < 1.29 is 14.3 Å². The first-order chi connectivity index (χ1) is 9.84. The smallest absolute Gasteiger partial charge is 0.192 e. The monoisotopic (exact) mass is 275 g/mol. The van der Waals surface area contributed by atoms with E-state index in [-0.39, 0.29) is 18.5 Å². The average Bonchev–Trinajstić information content (AvgIpc) is 2.53. The molecule has 1 N–H and O–H groups in total. The van der Waals surface area contributed by atoms with Crippen LogP contribution in [-0.2, 0) is 11.2 Å². The van der Waals surface area contributed by atoms with Gasteiger partial charge in [-0.15, -0.1) is 0 Å². The molecular formula is C16H21NO3. The molecule has 20 heavy (non-hydrogen) atoms. The van der Waals surface area contributed by atoms with Crippen LogP contribution in [-0.4, -0.2) is 38.2 Å². The number of benzene rings is 1. The topological polar surface area (TPSA) is 47.6 Å². The van der Waals surface area contributed by atoms with E-state index in [1.54, 1.807) is 0 Å². The molecular weight excluding hydrogens is 254 g/mol. The maximum Gasteiger partial charge on any atom is 0.192 e. The van der Waals surface area contributed by atoms with Gasteiger partial charge < -0.3 is 14.8 Å². The number of hydrogen-bond donors (Lipinski definition) is 1. The SMILES string of the molecule is O=C(COC1CCNCC1)c1cccc2c1OCCC2. The molecule has 0 atom stereocenters. The summed E-state index contributed by atoms with van der Waals surface area (Å²) in [5.74, 6) is 0.806. The lowest BCUT2D eigenvalue weighted by molar-refractivity contribution is 0.0315. The number of ether oxygens (including phenoxy) is 2. The molecule has 4 heteroatoms. The van der Waals surface area contributed by atoms with Crippen molar-refractivity contribution in [3.8, 4) is 5.75 Å². The lowest BCUT2D eigenvalue weighted by atomic mass is 10.0. The molecule has 2 heterocycles. The highest BCUT2D eigenvalue weighted by Gasteiger charge is 2.21. The Labute approximate surface area is 119 Å². The molecule has 0 amide bonds. The Bertz CT molecular complexity index is 481. The van der Waals surface area contributed by atoms with Gasteiger partial charge in [0, 0.05) is 0 Å². The van der Waals surface area contributed by atoms with Crippen LogP contribution in [0.5, 0.6) is 5.75 Å². The average molecular weight is 275 g/mol. The Hall–Kier alpha value is -1.39. The standard InChI is InChI=1S/C16H21NO3/c18-15(11-20-13-6-8-17-9-7-13)14-5-1-3-12-4-2-10-19-16(12)14/h1,3,5,13,17H,2,4,6-11H2. The van der Waals surface area contributed by atoms with Crippen molar-refractivity contribution in [3.63, 3.8) is 0 Å². The number of carbonyl (C=O) groups excluding carboxylic acids is 1. The first-order valence-electron chi connectivity index (χ1n) is 7.45. The van der Waals surface area contributed by atoms with Crippen LogP contribution in [0.25, 0.3) is 0 Å². The minimum Gasteiger partial charge on any atom is -0.493 e. The fourth-order valence-electron chi connectivity index (χ4n) is 2.84. The molecule has 1 saturated heterocycles. The number of fused-ring (bicyclic) bond motifs is 1. The van der Waals surface area contributed by atoms with Crippen molar-refractivity contribution in [2.24, 2.45) is 0 Å². The zero-order chi connectivity index (χ0) is 13.8. The Balaban J connectivity index is 1.64. The van der Waals surface area contributed by atoms with Gasteiger partial charge in [0.25, 0.3) is 0 Å². The molecule has 0 aliphatic carbocycles. The van der Waals surface area contributed by atoms with Crippen LogP contribution in [0.2, 0.25) is 0 Å². The third-order valence-electron chi connectivity index (χ3n) is 3.97. The van der Waals surface area contributed by atoms with E-state index in [0.29, 0.717) is 12.2 Å². The first-order valence-corrected chi connectivity index (χ1v) is 7.45. The van der Waals surface area contributed by atoms with E-state index in [4.69, 9.17) is 9.47 Å². The molecule has 0 bridgehead atoms. The molecule has 108 valence electrons. The van der Waals surface area contributed by atoms with E-state index in [9.17, 15) is 4.79 Å². The maximum atomic E-state index is 12.3.